The van der Waals surface area contributed by atoms with Crippen LogP contribution >= 0.6 is 0 Å². The zero-order chi connectivity index (χ0) is 36.4. The first-order chi connectivity index (χ1) is 24.0. The highest BCUT2D eigenvalue weighted by molar-refractivity contribution is 7.90. The molecule has 2 aromatic carbocycles. The quantitative estimate of drug-likeness (QED) is 0.289. The van der Waals surface area contributed by atoms with E-state index in [9.17, 15) is 21.6 Å². The standard InChI is InChI=1S/C21H26N2O5S.C16H18N2O3S/c1-20(2,3)28-19(24)22-13-11-21(12-14-22)17-9-10-18(29(4,25)26)23(17)15-7-5-6-8-16(15)27-21;1-22(19,20)15-7-6-14-16(8-10-17-11-9-16)21-13-5-3-2-4-12(13)18(14)15/h5-10H,11-14H2,1-4H3;2-7,17H,8-11H2,1H3. The molecule has 2 spiro atoms. The number of aromatic nitrogens is 2. The van der Waals surface area contributed by atoms with E-state index in [0.717, 1.165) is 48.8 Å². The van der Waals surface area contributed by atoms with Gasteiger partial charge in [0, 0.05) is 51.3 Å². The fourth-order valence-corrected chi connectivity index (χ4v) is 9.22. The first kappa shape index (κ1) is 35.1. The van der Waals surface area contributed by atoms with Gasteiger partial charge in [0.05, 0.1) is 22.8 Å². The smallest absolute Gasteiger partial charge is 0.410 e. The van der Waals surface area contributed by atoms with Gasteiger partial charge in [0.1, 0.15) is 27.2 Å². The molecule has 12 nitrogen and oxygen atoms in total. The van der Waals surface area contributed by atoms with Gasteiger partial charge in [-0.15, -0.1) is 0 Å². The average Bonchev–Trinajstić information content (AvgIpc) is 3.73. The van der Waals surface area contributed by atoms with Crippen molar-refractivity contribution in [2.24, 2.45) is 0 Å². The van der Waals surface area contributed by atoms with Crippen molar-refractivity contribution < 1.29 is 35.8 Å². The van der Waals surface area contributed by atoms with Gasteiger partial charge < -0.3 is 24.4 Å². The Morgan fingerprint density at radius 2 is 1.12 bits per heavy atom. The normalized spacial score (nSPS) is 18.6. The molecule has 0 bridgehead atoms. The number of nitrogens with one attached hydrogen (secondary N) is 1. The van der Waals surface area contributed by atoms with Crippen LogP contribution in [0.25, 0.3) is 11.4 Å². The SMILES string of the molecule is CC(C)(C)OC(=O)N1CCC2(CC1)Oc1ccccc1-n1c2ccc1S(C)(=O)=O.CS(=O)(=O)c1ccc2n1-c1ccccc1OC21CCNCC1. The molecule has 4 aliphatic heterocycles. The fraction of sp³-hybridized carbons (Fsp3) is 0.432. The summed E-state index contributed by atoms with van der Waals surface area (Å²) in [7, 11) is -6.73. The van der Waals surface area contributed by atoms with Gasteiger partial charge >= 0.3 is 6.09 Å². The number of carbonyl (C=O) groups is 1. The van der Waals surface area contributed by atoms with Crippen LogP contribution in [0.5, 0.6) is 11.5 Å². The van der Waals surface area contributed by atoms with E-state index < -0.39 is 36.5 Å². The van der Waals surface area contributed by atoms with Crippen molar-refractivity contribution in [1.29, 1.82) is 0 Å². The number of nitrogens with zero attached hydrogens (tertiary/aromatic N) is 3. The first-order valence-electron chi connectivity index (χ1n) is 17.1. The summed E-state index contributed by atoms with van der Waals surface area (Å²) in [5.74, 6) is 1.39. The molecule has 1 amide bonds. The van der Waals surface area contributed by atoms with E-state index in [1.165, 1.54) is 12.5 Å². The summed E-state index contributed by atoms with van der Waals surface area (Å²) < 4.78 is 71.1. The molecule has 272 valence electrons. The Labute approximate surface area is 299 Å². The zero-order valence-corrected chi connectivity index (χ0v) is 31.1. The van der Waals surface area contributed by atoms with Gasteiger partial charge in [0.2, 0.25) is 0 Å². The predicted molar refractivity (Wildman–Crippen MR) is 192 cm³/mol. The third-order valence-corrected chi connectivity index (χ3v) is 12.0. The fourth-order valence-electron chi connectivity index (χ4n) is 7.53. The highest BCUT2D eigenvalue weighted by Gasteiger charge is 2.47. The van der Waals surface area contributed by atoms with Crippen LogP contribution in [0, 0.1) is 0 Å². The molecule has 0 unspecified atom stereocenters. The molecular weight excluding hydrogens is 693 g/mol. The van der Waals surface area contributed by atoms with E-state index in [2.05, 4.69) is 5.32 Å². The van der Waals surface area contributed by atoms with Crippen molar-refractivity contribution in [3.63, 3.8) is 0 Å². The van der Waals surface area contributed by atoms with Crippen LogP contribution in [-0.2, 0) is 35.6 Å². The van der Waals surface area contributed by atoms with Gasteiger partial charge in [0.15, 0.2) is 30.9 Å². The molecule has 51 heavy (non-hydrogen) atoms. The average molecular weight is 737 g/mol. The number of fused-ring (bicyclic) bond motifs is 8. The van der Waals surface area contributed by atoms with Gasteiger partial charge in [-0.1, -0.05) is 24.3 Å². The lowest BCUT2D eigenvalue weighted by atomic mass is 9.86. The maximum absolute atomic E-state index is 12.4. The number of sulfone groups is 2. The minimum absolute atomic E-state index is 0.247. The molecule has 6 heterocycles. The lowest BCUT2D eigenvalue weighted by Gasteiger charge is -2.45. The van der Waals surface area contributed by atoms with E-state index in [-0.39, 0.29) is 11.1 Å². The molecule has 0 saturated carbocycles. The molecule has 0 atom stereocenters. The minimum atomic E-state index is -3.42. The Morgan fingerprint density at radius 3 is 1.55 bits per heavy atom. The number of hydrogen-bond donors (Lipinski definition) is 1. The van der Waals surface area contributed by atoms with Crippen molar-refractivity contribution in [2.45, 2.75) is 73.3 Å². The van der Waals surface area contributed by atoms with Gasteiger partial charge in [-0.25, -0.2) is 21.6 Å². The number of para-hydroxylation sites is 4. The minimum Gasteiger partial charge on any atom is -0.479 e. The second kappa shape index (κ2) is 12.4. The molecule has 4 aliphatic rings. The van der Waals surface area contributed by atoms with E-state index >= 15 is 0 Å². The Kier molecular flexibility index (Phi) is 8.58. The van der Waals surface area contributed by atoms with Crippen molar-refractivity contribution in [2.75, 3.05) is 38.7 Å². The van der Waals surface area contributed by atoms with E-state index in [0.29, 0.717) is 42.4 Å². The van der Waals surface area contributed by atoms with E-state index in [4.69, 9.17) is 14.2 Å². The summed E-state index contributed by atoms with van der Waals surface area (Å²) in [6.07, 6.45) is 4.88. The summed E-state index contributed by atoms with van der Waals surface area (Å²) in [5, 5.41) is 3.92. The van der Waals surface area contributed by atoms with Crippen molar-refractivity contribution >= 4 is 25.8 Å². The zero-order valence-electron chi connectivity index (χ0n) is 29.5. The Morgan fingerprint density at radius 1 is 0.686 bits per heavy atom. The van der Waals surface area contributed by atoms with Crippen LogP contribution in [0.15, 0.2) is 82.8 Å². The lowest BCUT2D eigenvalue weighted by molar-refractivity contribution is -0.0272. The maximum Gasteiger partial charge on any atom is 0.410 e. The van der Waals surface area contributed by atoms with Crippen LogP contribution < -0.4 is 14.8 Å². The third-order valence-electron chi connectivity index (χ3n) is 9.84. The maximum atomic E-state index is 12.4. The van der Waals surface area contributed by atoms with Gasteiger partial charge in [-0.05, 0) is 82.4 Å². The Balaban J connectivity index is 0.000000165. The van der Waals surface area contributed by atoms with E-state index in [1.807, 2.05) is 86.0 Å². The van der Waals surface area contributed by atoms with Crippen LogP contribution in [-0.4, -0.2) is 81.3 Å². The molecule has 14 heteroatoms. The number of likely N-dealkylation sites (tertiary alicyclic amines) is 1. The number of benzene rings is 2. The van der Waals surface area contributed by atoms with Crippen LogP contribution in [0.4, 0.5) is 4.79 Å². The lowest BCUT2D eigenvalue weighted by Crippen LogP contribution is -2.51. The van der Waals surface area contributed by atoms with E-state index in [1.54, 1.807) is 21.6 Å². The van der Waals surface area contributed by atoms with Crippen LogP contribution in [0.3, 0.4) is 0 Å². The number of hydrogen-bond acceptors (Lipinski definition) is 9. The molecular formula is C37H44N4O8S2. The molecule has 4 aromatic rings. The number of amides is 1. The van der Waals surface area contributed by atoms with Crippen molar-refractivity contribution in [3.8, 4) is 22.9 Å². The monoisotopic (exact) mass is 736 g/mol. The van der Waals surface area contributed by atoms with Gasteiger partial charge in [0.25, 0.3) is 0 Å². The summed E-state index contributed by atoms with van der Waals surface area (Å²) in [5.41, 5.74) is 1.58. The van der Waals surface area contributed by atoms with Gasteiger partial charge in [-0.3, -0.25) is 9.13 Å². The largest absolute Gasteiger partial charge is 0.479 e. The molecule has 2 fully saturated rings. The number of rotatable bonds is 2. The van der Waals surface area contributed by atoms with Crippen LogP contribution in [0.1, 0.15) is 57.8 Å². The highest BCUT2D eigenvalue weighted by Crippen LogP contribution is 2.47. The molecule has 0 aliphatic carbocycles. The third kappa shape index (κ3) is 6.42. The van der Waals surface area contributed by atoms with Crippen molar-refractivity contribution in [3.05, 3.63) is 84.2 Å². The molecule has 2 saturated heterocycles. The van der Waals surface area contributed by atoms with Crippen molar-refractivity contribution in [1.82, 2.24) is 19.4 Å². The predicted octanol–water partition coefficient (Wildman–Crippen LogP) is 5.35. The summed E-state index contributed by atoms with van der Waals surface area (Å²) in [6, 6.07) is 22.1. The Hall–Kier alpha value is -4.27. The summed E-state index contributed by atoms with van der Waals surface area (Å²) in [4.78, 5) is 14.1. The molecule has 1 N–H and O–H groups in total. The Bertz CT molecular complexity index is 2200. The number of piperidine rings is 2. The second-order valence-corrected chi connectivity index (χ2v) is 18.6. The summed E-state index contributed by atoms with van der Waals surface area (Å²) in [6.45, 7) is 8.20. The van der Waals surface area contributed by atoms with Crippen LogP contribution in [0.2, 0.25) is 0 Å². The second-order valence-electron chi connectivity index (χ2n) is 14.7. The molecule has 2 aromatic heterocycles. The first-order valence-corrected chi connectivity index (χ1v) is 20.9. The highest BCUT2D eigenvalue weighted by atomic mass is 32.2. The van der Waals surface area contributed by atoms with Gasteiger partial charge in [-0.2, -0.15) is 0 Å². The summed E-state index contributed by atoms with van der Waals surface area (Å²) >= 11 is 0. The topological polar surface area (TPSA) is 138 Å². The number of carbonyl (C=O) groups excluding carboxylic acids is 1. The number of ether oxygens (including phenoxy) is 3. The molecule has 0 radical (unpaired) electrons. The molecule has 8 rings (SSSR count).